The van der Waals surface area contributed by atoms with Gasteiger partial charge in [0.2, 0.25) is 17.7 Å². The Bertz CT molecular complexity index is 1170. The molecule has 9 nitrogen and oxygen atoms in total. The number of nitrogens with zero attached hydrogens (tertiary/aromatic N) is 4. The zero-order chi connectivity index (χ0) is 24.2. The second-order valence-electron chi connectivity index (χ2n) is 9.00. The molecule has 1 amide bonds. The summed E-state index contributed by atoms with van der Waals surface area (Å²) in [6, 6.07) is 13.0. The van der Waals surface area contributed by atoms with Gasteiger partial charge in [-0.3, -0.25) is 4.79 Å². The van der Waals surface area contributed by atoms with Gasteiger partial charge >= 0.3 is 0 Å². The van der Waals surface area contributed by atoms with Gasteiger partial charge in [0.25, 0.3) is 0 Å². The molecule has 0 aliphatic carbocycles. The highest BCUT2D eigenvalue weighted by molar-refractivity contribution is 5.95. The van der Waals surface area contributed by atoms with Gasteiger partial charge in [0.05, 0.1) is 23.6 Å². The molecule has 35 heavy (non-hydrogen) atoms. The maximum atomic E-state index is 12.3. The van der Waals surface area contributed by atoms with Crippen molar-refractivity contribution in [3.8, 4) is 17.4 Å². The van der Waals surface area contributed by atoms with Gasteiger partial charge in [-0.15, -0.1) is 0 Å². The van der Waals surface area contributed by atoms with Crippen LogP contribution in [0.1, 0.15) is 19.8 Å². The van der Waals surface area contributed by atoms with Crippen LogP contribution in [0.15, 0.2) is 42.5 Å². The first-order valence-corrected chi connectivity index (χ1v) is 12.3. The number of piperazine rings is 1. The molecule has 0 unspecified atom stereocenters. The standard InChI is InChI=1S/C26H32N6O3/c1-3-34-25-21-17-20(10-11-22(21)29-26(30-25)32-15-13-31(2)14-16-32)35-19-8-6-18(7-9-19)28-24(33)23-5-4-12-27-23/h6-11,17,23,27H,3-5,12-16H2,1-2H3,(H,28,33)/t23-/m0/s1. The highest BCUT2D eigenvalue weighted by Gasteiger charge is 2.22. The van der Waals surface area contributed by atoms with Crippen molar-refractivity contribution < 1.29 is 14.3 Å². The number of amides is 1. The second kappa shape index (κ2) is 10.5. The van der Waals surface area contributed by atoms with Crippen LogP contribution in [0.3, 0.4) is 0 Å². The quantitative estimate of drug-likeness (QED) is 0.537. The van der Waals surface area contributed by atoms with Crippen molar-refractivity contribution in [2.45, 2.75) is 25.8 Å². The molecule has 1 aromatic heterocycles. The third kappa shape index (κ3) is 5.47. The van der Waals surface area contributed by atoms with Gasteiger partial charge in [-0.25, -0.2) is 4.98 Å². The summed E-state index contributed by atoms with van der Waals surface area (Å²) in [7, 11) is 2.13. The van der Waals surface area contributed by atoms with Crippen molar-refractivity contribution >= 4 is 28.4 Å². The van der Waals surface area contributed by atoms with E-state index in [9.17, 15) is 4.79 Å². The number of nitrogens with one attached hydrogen (secondary N) is 2. The fourth-order valence-corrected chi connectivity index (χ4v) is 4.41. The summed E-state index contributed by atoms with van der Waals surface area (Å²) in [5.41, 5.74) is 1.57. The number of likely N-dealkylation sites (N-methyl/N-ethyl adjacent to an activating group) is 1. The van der Waals surface area contributed by atoms with Gasteiger partial charge in [-0.2, -0.15) is 4.98 Å². The molecule has 1 atom stereocenters. The minimum atomic E-state index is -0.109. The number of carbonyl (C=O) groups is 1. The number of aromatic nitrogens is 2. The first-order valence-electron chi connectivity index (χ1n) is 12.3. The van der Waals surface area contributed by atoms with E-state index in [1.807, 2.05) is 49.4 Å². The third-order valence-electron chi connectivity index (χ3n) is 6.42. The largest absolute Gasteiger partial charge is 0.477 e. The van der Waals surface area contributed by atoms with Crippen molar-refractivity contribution in [2.75, 3.05) is 56.6 Å². The summed E-state index contributed by atoms with van der Waals surface area (Å²) < 4.78 is 12.0. The van der Waals surface area contributed by atoms with E-state index >= 15 is 0 Å². The Balaban J connectivity index is 1.31. The van der Waals surface area contributed by atoms with E-state index in [1.54, 1.807) is 0 Å². The predicted octanol–water partition coefficient (Wildman–Crippen LogP) is 3.26. The van der Waals surface area contributed by atoms with Crippen LogP contribution < -0.4 is 25.0 Å². The molecule has 184 valence electrons. The molecule has 2 saturated heterocycles. The summed E-state index contributed by atoms with van der Waals surface area (Å²) >= 11 is 0. The van der Waals surface area contributed by atoms with E-state index in [1.165, 1.54) is 0 Å². The topological polar surface area (TPSA) is 91.8 Å². The van der Waals surface area contributed by atoms with E-state index in [0.717, 1.165) is 62.2 Å². The van der Waals surface area contributed by atoms with E-state index in [0.29, 0.717) is 29.9 Å². The Hall–Kier alpha value is -3.43. The smallest absolute Gasteiger partial charge is 0.241 e. The molecule has 5 rings (SSSR count). The lowest BCUT2D eigenvalue weighted by Gasteiger charge is -2.32. The monoisotopic (exact) mass is 476 g/mol. The minimum absolute atomic E-state index is 0.00472. The van der Waals surface area contributed by atoms with Gasteiger partial charge in [0.1, 0.15) is 11.5 Å². The molecule has 0 radical (unpaired) electrons. The number of benzene rings is 2. The molecule has 3 heterocycles. The number of fused-ring (bicyclic) bond motifs is 1. The highest BCUT2D eigenvalue weighted by atomic mass is 16.5. The summed E-state index contributed by atoms with van der Waals surface area (Å²) in [5, 5.41) is 6.98. The number of hydrogen-bond donors (Lipinski definition) is 2. The molecule has 2 aromatic carbocycles. The zero-order valence-electron chi connectivity index (χ0n) is 20.3. The lowest BCUT2D eigenvalue weighted by atomic mass is 10.2. The van der Waals surface area contributed by atoms with Crippen molar-refractivity contribution in [2.24, 2.45) is 0 Å². The Labute approximate surface area is 205 Å². The van der Waals surface area contributed by atoms with E-state index in [4.69, 9.17) is 19.4 Å². The summed E-state index contributed by atoms with van der Waals surface area (Å²) in [6.45, 7) is 7.11. The lowest BCUT2D eigenvalue weighted by Crippen LogP contribution is -2.45. The van der Waals surface area contributed by atoms with Crippen LogP contribution in [0.25, 0.3) is 10.9 Å². The molecule has 0 spiro atoms. The molecule has 2 aliphatic rings. The Morgan fingerprint density at radius 1 is 1.09 bits per heavy atom. The van der Waals surface area contributed by atoms with E-state index in [2.05, 4.69) is 27.5 Å². The fraction of sp³-hybridized carbons (Fsp3) is 0.423. The first kappa shape index (κ1) is 23.3. The van der Waals surface area contributed by atoms with E-state index in [-0.39, 0.29) is 11.9 Å². The fourth-order valence-electron chi connectivity index (χ4n) is 4.41. The Kier molecular flexibility index (Phi) is 6.96. The van der Waals surface area contributed by atoms with Crippen LogP contribution in [0.5, 0.6) is 17.4 Å². The average molecular weight is 477 g/mol. The molecule has 9 heteroatoms. The molecule has 2 fully saturated rings. The number of anilines is 2. The summed E-state index contributed by atoms with van der Waals surface area (Å²) in [5.74, 6) is 2.62. The maximum Gasteiger partial charge on any atom is 0.241 e. The number of rotatable bonds is 7. The first-order chi connectivity index (χ1) is 17.1. The second-order valence-corrected chi connectivity index (χ2v) is 9.00. The SMILES string of the molecule is CCOc1nc(N2CCN(C)CC2)nc2ccc(Oc3ccc(NC(=O)[C@@H]4CCCN4)cc3)cc12. The van der Waals surface area contributed by atoms with Crippen LogP contribution >= 0.6 is 0 Å². The normalized spacial score (nSPS) is 18.6. The molecule has 0 bridgehead atoms. The van der Waals surface area contributed by atoms with Crippen LogP contribution in [-0.4, -0.2) is 73.2 Å². The van der Waals surface area contributed by atoms with Crippen molar-refractivity contribution in [1.29, 1.82) is 0 Å². The molecular weight excluding hydrogens is 444 g/mol. The van der Waals surface area contributed by atoms with Gasteiger partial charge in [0, 0.05) is 31.9 Å². The Morgan fingerprint density at radius 3 is 2.57 bits per heavy atom. The summed E-state index contributed by atoms with van der Waals surface area (Å²) in [6.07, 6.45) is 1.91. The van der Waals surface area contributed by atoms with Gasteiger partial charge < -0.3 is 29.9 Å². The highest BCUT2D eigenvalue weighted by Crippen LogP contribution is 2.31. The van der Waals surface area contributed by atoms with Crippen LogP contribution in [0.2, 0.25) is 0 Å². The maximum absolute atomic E-state index is 12.3. The molecule has 2 N–H and O–H groups in total. The van der Waals surface area contributed by atoms with Crippen molar-refractivity contribution in [3.63, 3.8) is 0 Å². The number of carbonyl (C=O) groups excluding carboxylic acids is 1. The van der Waals surface area contributed by atoms with Crippen molar-refractivity contribution in [3.05, 3.63) is 42.5 Å². The number of hydrogen-bond acceptors (Lipinski definition) is 8. The molecule has 2 aliphatic heterocycles. The minimum Gasteiger partial charge on any atom is -0.477 e. The van der Waals surface area contributed by atoms with E-state index < -0.39 is 0 Å². The Morgan fingerprint density at radius 2 is 1.86 bits per heavy atom. The molecule has 0 saturated carbocycles. The molecular formula is C26H32N6O3. The van der Waals surface area contributed by atoms with Crippen LogP contribution in [-0.2, 0) is 4.79 Å². The predicted molar refractivity (Wildman–Crippen MR) is 137 cm³/mol. The van der Waals surface area contributed by atoms with Gasteiger partial charge in [0.15, 0.2) is 0 Å². The zero-order valence-corrected chi connectivity index (χ0v) is 20.3. The van der Waals surface area contributed by atoms with Crippen molar-refractivity contribution in [1.82, 2.24) is 20.2 Å². The summed E-state index contributed by atoms with van der Waals surface area (Å²) in [4.78, 5) is 26.3. The van der Waals surface area contributed by atoms with Gasteiger partial charge in [-0.1, -0.05) is 0 Å². The van der Waals surface area contributed by atoms with Crippen LogP contribution in [0.4, 0.5) is 11.6 Å². The van der Waals surface area contributed by atoms with Crippen LogP contribution in [0, 0.1) is 0 Å². The average Bonchev–Trinajstić information content (AvgIpc) is 3.41. The molecule has 3 aromatic rings. The number of ether oxygens (including phenoxy) is 2. The lowest BCUT2D eigenvalue weighted by molar-refractivity contribution is -0.117. The van der Waals surface area contributed by atoms with Gasteiger partial charge in [-0.05, 0) is 75.8 Å². The third-order valence-corrected chi connectivity index (χ3v) is 6.42.